The van der Waals surface area contributed by atoms with E-state index in [4.69, 9.17) is 5.73 Å². The first-order valence-electron chi connectivity index (χ1n) is 6.58. The van der Waals surface area contributed by atoms with E-state index in [0.717, 1.165) is 0 Å². The number of likely N-dealkylation sites (N-methyl/N-ethyl adjacent to an activating group) is 2. The third-order valence-electron chi connectivity index (χ3n) is 3.30. The Bertz CT molecular complexity index is 565. The lowest BCUT2D eigenvalue weighted by Crippen LogP contribution is -2.43. The van der Waals surface area contributed by atoms with E-state index in [2.05, 4.69) is 5.10 Å². The zero-order valence-electron chi connectivity index (χ0n) is 13.1. The van der Waals surface area contributed by atoms with Crippen molar-refractivity contribution in [2.24, 2.45) is 7.05 Å². The summed E-state index contributed by atoms with van der Waals surface area (Å²) < 4.78 is 28.6. The van der Waals surface area contributed by atoms with Crippen molar-refractivity contribution in [2.45, 2.75) is 31.7 Å². The highest BCUT2D eigenvalue weighted by Gasteiger charge is 2.33. The summed E-state index contributed by atoms with van der Waals surface area (Å²) in [4.78, 5) is 2.08. The van der Waals surface area contributed by atoms with Crippen LogP contribution in [0.4, 0.5) is 5.82 Å². The van der Waals surface area contributed by atoms with Gasteiger partial charge in [0.1, 0.15) is 4.90 Å². The Labute approximate surface area is 121 Å². The third kappa shape index (κ3) is 3.13. The molecule has 0 fully saturated rings. The van der Waals surface area contributed by atoms with Crippen molar-refractivity contribution in [1.29, 1.82) is 0 Å². The molecule has 0 saturated heterocycles. The van der Waals surface area contributed by atoms with E-state index in [9.17, 15) is 8.42 Å². The van der Waals surface area contributed by atoms with Gasteiger partial charge in [-0.2, -0.15) is 9.40 Å². The average molecular weight is 303 g/mol. The van der Waals surface area contributed by atoms with Gasteiger partial charge in [0.25, 0.3) is 0 Å². The highest BCUT2D eigenvalue weighted by Crippen LogP contribution is 2.26. The van der Waals surface area contributed by atoms with E-state index in [1.54, 1.807) is 14.0 Å². The largest absolute Gasteiger partial charge is 0.381 e. The van der Waals surface area contributed by atoms with E-state index in [1.807, 2.05) is 32.8 Å². The number of rotatable bonds is 6. The molecule has 1 aromatic rings. The van der Waals surface area contributed by atoms with E-state index in [-0.39, 0.29) is 16.8 Å². The SMILES string of the molecule is CCN(C(C)CN(C)C)S(=O)(=O)c1c(N)nn(C)c1C. The normalized spacial score (nSPS) is 14.2. The number of hydrogen-bond donors (Lipinski definition) is 1. The Morgan fingerprint density at radius 2 is 1.95 bits per heavy atom. The number of nitrogen functional groups attached to an aromatic ring is 1. The second-order valence-corrected chi connectivity index (χ2v) is 7.07. The minimum Gasteiger partial charge on any atom is -0.381 e. The molecular weight excluding hydrogens is 278 g/mol. The van der Waals surface area contributed by atoms with Crippen LogP contribution in [0.15, 0.2) is 4.90 Å². The monoisotopic (exact) mass is 303 g/mol. The summed E-state index contributed by atoms with van der Waals surface area (Å²) in [6, 6.07) is -0.140. The minimum absolute atomic E-state index is 0.0560. The van der Waals surface area contributed by atoms with Crippen LogP contribution in [0.3, 0.4) is 0 Å². The molecule has 20 heavy (non-hydrogen) atoms. The van der Waals surface area contributed by atoms with E-state index in [0.29, 0.717) is 18.8 Å². The topological polar surface area (TPSA) is 84.5 Å². The molecule has 2 N–H and O–H groups in total. The van der Waals surface area contributed by atoms with Gasteiger partial charge >= 0.3 is 0 Å². The van der Waals surface area contributed by atoms with Crippen LogP contribution in [0.1, 0.15) is 19.5 Å². The molecule has 0 radical (unpaired) electrons. The number of anilines is 1. The highest BCUT2D eigenvalue weighted by atomic mass is 32.2. The minimum atomic E-state index is -3.64. The standard InChI is InChI=1S/C12H25N5O2S/c1-7-17(9(2)8-15(4)5)20(18,19)11-10(3)16(6)14-12(11)13/h9H,7-8H2,1-6H3,(H2,13,14). The Morgan fingerprint density at radius 1 is 1.40 bits per heavy atom. The van der Waals surface area contributed by atoms with Gasteiger partial charge in [-0.25, -0.2) is 8.42 Å². The maximum absolute atomic E-state index is 12.8. The lowest BCUT2D eigenvalue weighted by molar-refractivity contribution is 0.271. The second-order valence-electron chi connectivity index (χ2n) is 5.24. The summed E-state index contributed by atoms with van der Waals surface area (Å²) >= 11 is 0. The third-order valence-corrected chi connectivity index (χ3v) is 5.56. The van der Waals surface area contributed by atoms with Crippen molar-refractivity contribution in [1.82, 2.24) is 19.0 Å². The molecule has 1 aromatic heterocycles. The molecule has 116 valence electrons. The second kappa shape index (κ2) is 6.11. The van der Waals surface area contributed by atoms with Crippen LogP contribution in [-0.2, 0) is 17.1 Å². The van der Waals surface area contributed by atoms with Crippen molar-refractivity contribution >= 4 is 15.8 Å². The fourth-order valence-electron chi connectivity index (χ4n) is 2.39. The molecule has 1 atom stereocenters. The number of nitrogens with zero attached hydrogens (tertiary/aromatic N) is 4. The Kier molecular flexibility index (Phi) is 5.17. The molecule has 0 spiro atoms. The zero-order chi connectivity index (χ0) is 15.7. The molecular formula is C12H25N5O2S. The summed E-state index contributed by atoms with van der Waals surface area (Å²) in [5, 5.41) is 3.99. The number of aryl methyl sites for hydroxylation is 1. The van der Waals surface area contributed by atoms with Gasteiger partial charge in [0.05, 0.1) is 5.69 Å². The molecule has 0 saturated carbocycles. The van der Waals surface area contributed by atoms with Crippen LogP contribution in [0.5, 0.6) is 0 Å². The van der Waals surface area contributed by atoms with Crippen molar-refractivity contribution in [2.75, 3.05) is 32.9 Å². The van der Waals surface area contributed by atoms with E-state index < -0.39 is 10.0 Å². The highest BCUT2D eigenvalue weighted by molar-refractivity contribution is 7.89. The van der Waals surface area contributed by atoms with Crippen molar-refractivity contribution in [3.05, 3.63) is 5.69 Å². The van der Waals surface area contributed by atoms with Crippen molar-refractivity contribution < 1.29 is 8.42 Å². The molecule has 0 aromatic carbocycles. The fourth-order valence-corrected chi connectivity index (χ4v) is 4.31. The molecule has 7 nitrogen and oxygen atoms in total. The predicted octanol–water partition coefficient (Wildman–Crippen LogP) is 0.271. The average Bonchev–Trinajstić information content (AvgIpc) is 2.52. The van der Waals surface area contributed by atoms with Crippen molar-refractivity contribution in [3.63, 3.8) is 0 Å². The molecule has 1 heterocycles. The summed E-state index contributed by atoms with van der Waals surface area (Å²) in [5.41, 5.74) is 6.33. The molecule has 0 aliphatic rings. The number of sulfonamides is 1. The smallest absolute Gasteiger partial charge is 0.248 e. The first-order valence-corrected chi connectivity index (χ1v) is 8.02. The van der Waals surface area contributed by atoms with Gasteiger partial charge < -0.3 is 10.6 Å². The Hall–Kier alpha value is -1.12. The van der Waals surface area contributed by atoms with Crippen LogP contribution in [0, 0.1) is 6.92 Å². The summed E-state index contributed by atoms with van der Waals surface area (Å²) in [6.07, 6.45) is 0. The number of nitrogens with two attached hydrogens (primary N) is 1. The quantitative estimate of drug-likeness (QED) is 0.815. The van der Waals surface area contributed by atoms with Crippen LogP contribution in [0.2, 0.25) is 0 Å². The Morgan fingerprint density at radius 3 is 2.30 bits per heavy atom. The van der Waals surface area contributed by atoms with E-state index in [1.165, 1.54) is 8.99 Å². The summed E-state index contributed by atoms with van der Waals surface area (Å²) in [5.74, 6) is 0.0560. The first kappa shape index (κ1) is 16.9. The summed E-state index contributed by atoms with van der Waals surface area (Å²) in [6.45, 7) is 6.46. The maximum atomic E-state index is 12.8. The van der Waals surface area contributed by atoms with Gasteiger partial charge in [-0.05, 0) is 27.9 Å². The number of aromatic nitrogens is 2. The molecule has 0 aliphatic heterocycles. The lowest BCUT2D eigenvalue weighted by atomic mass is 10.3. The number of hydrogen-bond acceptors (Lipinski definition) is 5. The Balaban J connectivity index is 3.25. The molecule has 8 heteroatoms. The zero-order valence-corrected chi connectivity index (χ0v) is 13.9. The van der Waals surface area contributed by atoms with E-state index >= 15 is 0 Å². The fraction of sp³-hybridized carbons (Fsp3) is 0.750. The van der Waals surface area contributed by atoms with Crippen molar-refractivity contribution in [3.8, 4) is 0 Å². The first-order chi connectivity index (χ1) is 9.12. The van der Waals surface area contributed by atoms with Crippen LogP contribution in [-0.4, -0.2) is 60.6 Å². The lowest BCUT2D eigenvalue weighted by Gasteiger charge is -2.29. The van der Waals surface area contributed by atoms with Gasteiger partial charge in [0, 0.05) is 26.2 Å². The van der Waals surface area contributed by atoms with Crippen LogP contribution < -0.4 is 5.73 Å². The van der Waals surface area contributed by atoms with Gasteiger partial charge in [-0.3, -0.25) is 4.68 Å². The predicted molar refractivity (Wildman–Crippen MR) is 79.9 cm³/mol. The molecule has 0 aliphatic carbocycles. The van der Waals surface area contributed by atoms with Crippen LogP contribution >= 0.6 is 0 Å². The summed E-state index contributed by atoms with van der Waals surface area (Å²) in [7, 11) is 1.88. The van der Waals surface area contributed by atoms with Crippen LogP contribution in [0.25, 0.3) is 0 Å². The van der Waals surface area contributed by atoms with Gasteiger partial charge in [0.15, 0.2) is 5.82 Å². The molecule has 0 bridgehead atoms. The van der Waals surface area contributed by atoms with Gasteiger partial charge in [-0.15, -0.1) is 0 Å². The van der Waals surface area contributed by atoms with Gasteiger partial charge in [-0.1, -0.05) is 6.92 Å². The maximum Gasteiger partial charge on any atom is 0.248 e. The molecule has 1 unspecified atom stereocenters. The molecule has 1 rings (SSSR count). The van der Waals surface area contributed by atoms with Gasteiger partial charge in [0.2, 0.25) is 10.0 Å². The molecule has 0 amide bonds.